The molecule has 0 bridgehead atoms. The standard InChI is InChI=1S/C12H17NO4S2/c1-3-17-12(14)10-8-9(13)4-5-11(10)18-6-7-19(2,15)16/h4-5,8H,3,6-7,13H2,1-2H3. The van der Waals surface area contributed by atoms with Crippen LogP contribution in [0.1, 0.15) is 17.3 Å². The number of benzene rings is 1. The molecule has 1 aromatic carbocycles. The van der Waals surface area contributed by atoms with E-state index in [1.165, 1.54) is 18.0 Å². The van der Waals surface area contributed by atoms with E-state index in [0.717, 1.165) is 0 Å². The van der Waals surface area contributed by atoms with Gasteiger partial charge in [0.1, 0.15) is 9.84 Å². The first-order valence-corrected chi connectivity index (χ1v) is 8.75. The third-order valence-corrected chi connectivity index (χ3v) is 4.49. The van der Waals surface area contributed by atoms with Crippen molar-refractivity contribution in [1.82, 2.24) is 0 Å². The van der Waals surface area contributed by atoms with Gasteiger partial charge >= 0.3 is 5.97 Å². The van der Waals surface area contributed by atoms with Crippen molar-refractivity contribution in [2.75, 3.05) is 30.1 Å². The van der Waals surface area contributed by atoms with Gasteiger partial charge in [0.25, 0.3) is 0 Å². The minimum atomic E-state index is -3.01. The molecule has 5 nitrogen and oxygen atoms in total. The normalized spacial score (nSPS) is 11.3. The molecule has 0 aliphatic heterocycles. The number of nitrogens with two attached hydrogens (primary N) is 1. The van der Waals surface area contributed by atoms with E-state index < -0.39 is 15.8 Å². The molecule has 0 unspecified atom stereocenters. The Labute approximate surface area is 117 Å². The van der Waals surface area contributed by atoms with Gasteiger partial charge in [-0.1, -0.05) is 0 Å². The van der Waals surface area contributed by atoms with Crippen molar-refractivity contribution in [3.63, 3.8) is 0 Å². The van der Waals surface area contributed by atoms with Crippen LogP contribution in [0.25, 0.3) is 0 Å². The Balaban J connectivity index is 2.85. The highest BCUT2D eigenvalue weighted by atomic mass is 32.2. The predicted molar refractivity (Wildman–Crippen MR) is 77.2 cm³/mol. The van der Waals surface area contributed by atoms with Gasteiger partial charge in [0.05, 0.1) is 17.9 Å². The molecule has 0 spiro atoms. The third kappa shape index (κ3) is 5.52. The lowest BCUT2D eigenvalue weighted by Gasteiger charge is -2.09. The molecule has 2 N–H and O–H groups in total. The first-order chi connectivity index (χ1) is 8.83. The van der Waals surface area contributed by atoms with Gasteiger partial charge in [-0.05, 0) is 25.1 Å². The number of rotatable bonds is 6. The zero-order valence-electron chi connectivity index (χ0n) is 10.9. The summed E-state index contributed by atoms with van der Waals surface area (Å²) in [6, 6.07) is 4.92. The van der Waals surface area contributed by atoms with E-state index in [1.54, 1.807) is 25.1 Å². The summed E-state index contributed by atoms with van der Waals surface area (Å²) in [4.78, 5) is 12.4. The first kappa shape index (κ1) is 15.8. The summed E-state index contributed by atoms with van der Waals surface area (Å²) in [5, 5.41) is 0. The monoisotopic (exact) mass is 303 g/mol. The average Bonchev–Trinajstić information content (AvgIpc) is 2.29. The van der Waals surface area contributed by atoms with E-state index in [-0.39, 0.29) is 12.4 Å². The van der Waals surface area contributed by atoms with Gasteiger partial charge in [-0.15, -0.1) is 11.8 Å². The van der Waals surface area contributed by atoms with Crippen molar-refractivity contribution in [2.45, 2.75) is 11.8 Å². The number of esters is 1. The van der Waals surface area contributed by atoms with Crippen LogP contribution in [0, 0.1) is 0 Å². The van der Waals surface area contributed by atoms with Gasteiger partial charge in [0, 0.05) is 22.6 Å². The van der Waals surface area contributed by atoms with Crippen molar-refractivity contribution < 1.29 is 17.9 Å². The smallest absolute Gasteiger partial charge is 0.339 e. The molecule has 19 heavy (non-hydrogen) atoms. The number of sulfone groups is 1. The van der Waals surface area contributed by atoms with Gasteiger partial charge < -0.3 is 10.5 Å². The summed E-state index contributed by atoms with van der Waals surface area (Å²) in [7, 11) is -3.01. The number of carbonyl (C=O) groups is 1. The zero-order chi connectivity index (χ0) is 14.5. The molecule has 0 radical (unpaired) electrons. The van der Waals surface area contributed by atoms with Gasteiger partial charge in [-0.2, -0.15) is 0 Å². The maximum atomic E-state index is 11.8. The Hall–Kier alpha value is -1.21. The number of hydrogen-bond acceptors (Lipinski definition) is 6. The number of anilines is 1. The maximum absolute atomic E-state index is 11.8. The topological polar surface area (TPSA) is 86.5 Å². The van der Waals surface area contributed by atoms with Crippen LogP contribution < -0.4 is 5.73 Å². The Bertz CT molecular complexity index is 555. The highest BCUT2D eigenvalue weighted by molar-refractivity contribution is 8.00. The summed E-state index contributed by atoms with van der Waals surface area (Å²) in [6.07, 6.45) is 1.18. The van der Waals surface area contributed by atoms with E-state index in [4.69, 9.17) is 10.5 Å². The molecule has 1 aromatic rings. The summed E-state index contributed by atoms with van der Waals surface area (Å²) >= 11 is 1.30. The average molecular weight is 303 g/mol. The summed E-state index contributed by atoms with van der Waals surface area (Å²) in [5.74, 6) is -0.00363. The van der Waals surface area contributed by atoms with Crippen LogP contribution in [-0.2, 0) is 14.6 Å². The first-order valence-electron chi connectivity index (χ1n) is 5.70. The van der Waals surface area contributed by atoms with Crippen molar-refractivity contribution >= 4 is 33.3 Å². The minimum absolute atomic E-state index is 0.0598. The number of carbonyl (C=O) groups excluding carboxylic acids is 1. The molecule has 0 saturated carbocycles. The van der Waals surface area contributed by atoms with Gasteiger partial charge in [-0.25, -0.2) is 13.2 Å². The SMILES string of the molecule is CCOC(=O)c1cc(N)ccc1SCCS(C)(=O)=O. The molecule has 0 amide bonds. The predicted octanol–water partition coefficient (Wildman–Crippen LogP) is 1.58. The van der Waals surface area contributed by atoms with E-state index in [1.807, 2.05) is 0 Å². The fraction of sp³-hybridized carbons (Fsp3) is 0.417. The van der Waals surface area contributed by atoms with E-state index >= 15 is 0 Å². The minimum Gasteiger partial charge on any atom is -0.462 e. The summed E-state index contributed by atoms with van der Waals surface area (Å²) in [5.41, 5.74) is 6.49. The van der Waals surface area contributed by atoms with Gasteiger partial charge in [0.15, 0.2) is 0 Å². The van der Waals surface area contributed by atoms with Crippen LogP contribution in [0.15, 0.2) is 23.1 Å². The lowest BCUT2D eigenvalue weighted by Crippen LogP contribution is -2.09. The Morgan fingerprint density at radius 3 is 2.68 bits per heavy atom. The third-order valence-electron chi connectivity index (χ3n) is 2.21. The second-order valence-electron chi connectivity index (χ2n) is 3.95. The number of hydrogen-bond donors (Lipinski definition) is 1. The maximum Gasteiger partial charge on any atom is 0.339 e. The van der Waals surface area contributed by atoms with Crippen molar-refractivity contribution in [3.8, 4) is 0 Å². The van der Waals surface area contributed by atoms with Crippen LogP contribution in [-0.4, -0.2) is 38.8 Å². The van der Waals surface area contributed by atoms with Crippen molar-refractivity contribution in [2.24, 2.45) is 0 Å². The highest BCUT2D eigenvalue weighted by Gasteiger charge is 2.14. The molecule has 0 aliphatic rings. The molecule has 0 aliphatic carbocycles. The van der Waals surface area contributed by atoms with E-state index in [0.29, 0.717) is 21.9 Å². The molecule has 0 atom stereocenters. The fourth-order valence-electron chi connectivity index (χ4n) is 1.34. The largest absolute Gasteiger partial charge is 0.462 e. The molecule has 106 valence electrons. The Morgan fingerprint density at radius 1 is 1.42 bits per heavy atom. The molecule has 0 heterocycles. The van der Waals surface area contributed by atoms with Crippen LogP contribution in [0.4, 0.5) is 5.69 Å². The fourth-order valence-corrected chi connectivity index (χ4v) is 3.57. The summed E-state index contributed by atoms with van der Waals surface area (Å²) < 4.78 is 27.1. The van der Waals surface area contributed by atoms with Crippen LogP contribution >= 0.6 is 11.8 Å². The van der Waals surface area contributed by atoms with E-state index in [2.05, 4.69) is 0 Å². The lowest BCUT2D eigenvalue weighted by molar-refractivity contribution is 0.0522. The lowest BCUT2D eigenvalue weighted by atomic mass is 10.2. The molecular formula is C12H17NO4S2. The molecule has 7 heteroatoms. The van der Waals surface area contributed by atoms with Crippen LogP contribution in [0.5, 0.6) is 0 Å². The quantitative estimate of drug-likeness (QED) is 0.488. The van der Waals surface area contributed by atoms with Gasteiger partial charge in [0.2, 0.25) is 0 Å². The summed E-state index contributed by atoms with van der Waals surface area (Å²) in [6.45, 7) is 2.00. The van der Waals surface area contributed by atoms with Crippen molar-refractivity contribution in [1.29, 1.82) is 0 Å². The molecule has 1 rings (SSSR count). The Kier molecular flexibility index (Phi) is 5.68. The Morgan fingerprint density at radius 2 is 2.11 bits per heavy atom. The molecule has 0 aromatic heterocycles. The number of ether oxygens (including phenoxy) is 1. The van der Waals surface area contributed by atoms with E-state index in [9.17, 15) is 13.2 Å². The second-order valence-corrected chi connectivity index (χ2v) is 7.35. The van der Waals surface area contributed by atoms with Crippen molar-refractivity contribution in [3.05, 3.63) is 23.8 Å². The number of thioether (sulfide) groups is 1. The van der Waals surface area contributed by atoms with Gasteiger partial charge in [-0.3, -0.25) is 0 Å². The van der Waals surface area contributed by atoms with Crippen LogP contribution in [0.2, 0.25) is 0 Å². The molecule has 0 saturated heterocycles. The zero-order valence-corrected chi connectivity index (χ0v) is 12.5. The van der Waals surface area contributed by atoms with Crippen LogP contribution in [0.3, 0.4) is 0 Å². The molecular weight excluding hydrogens is 286 g/mol. The number of nitrogen functional groups attached to an aromatic ring is 1. The highest BCUT2D eigenvalue weighted by Crippen LogP contribution is 2.25. The molecule has 0 fully saturated rings. The second kappa shape index (κ2) is 6.81.